The van der Waals surface area contributed by atoms with E-state index in [0.29, 0.717) is 6.04 Å². The standard InChI is InChI=1S/C10H20N2S/c1-9-6-12(4-3-11-9)7-10-2-5-13-8-10/h9-11H,2-8H2,1H3/t9-,10?/m0/s1. The Hall–Kier alpha value is 0.270. The maximum atomic E-state index is 3.49. The van der Waals surface area contributed by atoms with Crippen LogP contribution in [0, 0.1) is 5.92 Å². The molecule has 0 aromatic heterocycles. The molecule has 0 spiro atoms. The van der Waals surface area contributed by atoms with Gasteiger partial charge in [-0.05, 0) is 30.8 Å². The van der Waals surface area contributed by atoms with Crippen molar-refractivity contribution < 1.29 is 0 Å². The first-order valence-corrected chi connectivity index (χ1v) is 6.53. The third-order valence-electron chi connectivity index (χ3n) is 2.99. The zero-order chi connectivity index (χ0) is 9.10. The molecule has 0 aliphatic carbocycles. The highest BCUT2D eigenvalue weighted by Gasteiger charge is 2.21. The molecule has 76 valence electrons. The van der Waals surface area contributed by atoms with Gasteiger partial charge >= 0.3 is 0 Å². The summed E-state index contributed by atoms with van der Waals surface area (Å²) in [6, 6.07) is 0.697. The van der Waals surface area contributed by atoms with Crippen molar-refractivity contribution in [3.8, 4) is 0 Å². The predicted octanol–water partition coefficient (Wildman–Crippen LogP) is 1.03. The molecule has 13 heavy (non-hydrogen) atoms. The number of thioether (sulfide) groups is 1. The summed E-state index contributed by atoms with van der Waals surface area (Å²) in [5, 5.41) is 3.49. The molecule has 3 heteroatoms. The fourth-order valence-electron chi connectivity index (χ4n) is 2.27. The second kappa shape index (κ2) is 4.67. The van der Waals surface area contributed by atoms with Gasteiger partial charge in [-0.1, -0.05) is 0 Å². The Morgan fingerprint density at radius 3 is 3.15 bits per heavy atom. The first kappa shape index (κ1) is 9.81. The summed E-state index contributed by atoms with van der Waals surface area (Å²) in [7, 11) is 0. The average molecular weight is 200 g/mol. The lowest BCUT2D eigenvalue weighted by molar-refractivity contribution is 0.185. The van der Waals surface area contributed by atoms with Crippen LogP contribution < -0.4 is 5.32 Å². The molecule has 2 aliphatic heterocycles. The number of piperazine rings is 1. The van der Waals surface area contributed by atoms with Gasteiger partial charge in [-0.15, -0.1) is 0 Å². The average Bonchev–Trinajstić information content (AvgIpc) is 2.57. The molecule has 2 saturated heterocycles. The normalized spacial score (nSPS) is 36.7. The molecule has 2 aliphatic rings. The van der Waals surface area contributed by atoms with Crippen LogP contribution in [-0.2, 0) is 0 Å². The van der Waals surface area contributed by atoms with E-state index in [-0.39, 0.29) is 0 Å². The molecule has 0 radical (unpaired) electrons. The molecule has 0 aromatic carbocycles. The SMILES string of the molecule is C[C@H]1CN(CC2CCSC2)CCN1. The second-order valence-corrected chi connectivity index (χ2v) is 5.49. The Kier molecular flexibility index (Phi) is 3.52. The van der Waals surface area contributed by atoms with Crippen molar-refractivity contribution in [2.75, 3.05) is 37.7 Å². The molecule has 0 aromatic rings. The number of nitrogens with zero attached hydrogens (tertiary/aromatic N) is 1. The maximum Gasteiger partial charge on any atom is 0.0167 e. The molecule has 2 nitrogen and oxygen atoms in total. The van der Waals surface area contributed by atoms with Crippen molar-refractivity contribution in [1.82, 2.24) is 10.2 Å². The molecule has 0 bridgehead atoms. The summed E-state index contributed by atoms with van der Waals surface area (Å²) >= 11 is 2.13. The van der Waals surface area contributed by atoms with Gasteiger partial charge in [0.05, 0.1) is 0 Å². The summed E-state index contributed by atoms with van der Waals surface area (Å²) in [6.07, 6.45) is 1.45. The summed E-state index contributed by atoms with van der Waals surface area (Å²) in [4.78, 5) is 2.64. The number of nitrogens with one attached hydrogen (secondary N) is 1. The van der Waals surface area contributed by atoms with Crippen LogP contribution in [0.4, 0.5) is 0 Å². The van der Waals surface area contributed by atoms with Gasteiger partial charge in [-0.2, -0.15) is 11.8 Å². The fourth-order valence-corrected chi connectivity index (χ4v) is 3.54. The summed E-state index contributed by atoms with van der Waals surface area (Å²) in [5.41, 5.74) is 0. The summed E-state index contributed by atoms with van der Waals surface area (Å²) < 4.78 is 0. The Morgan fingerprint density at radius 1 is 1.54 bits per heavy atom. The molecular weight excluding hydrogens is 180 g/mol. The number of hydrogen-bond donors (Lipinski definition) is 1. The molecule has 2 heterocycles. The Balaban J connectivity index is 1.73. The Bertz CT molecular complexity index is 157. The van der Waals surface area contributed by atoms with Gasteiger partial charge in [-0.25, -0.2) is 0 Å². The van der Waals surface area contributed by atoms with Gasteiger partial charge in [0.2, 0.25) is 0 Å². The van der Waals surface area contributed by atoms with E-state index in [0.717, 1.165) is 5.92 Å². The maximum absolute atomic E-state index is 3.49. The van der Waals surface area contributed by atoms with E-state index < -0.39 is 0 Å². The van der Waals surface area contributed by atoms with Crippen molar-refractivity contribution in [1.29, 1.82) is 0 Å². The summed E-state index contributed by atoms with van der Waals surface area (Å²) in [5.74, 6) is 3.78. The van der Waals surface area contributed by atoms with Crippen LogP contribution in [0.1, 0.15) is 13.3 Å². The minimum atomic E-state index is 0.697. The van der Waals surface area contributed by atoms with Crippen molar-refractivity contribution in [3.63, 3.8) is 0 Å². The van der Waals surface area contributed by atoms with Gasteiger partial charge in [0.1, 0.15) is 0 Å². The molecule has 1 unspecified atom stereocenters. The van der Waals surface area contributed by atoms with E-state index in [1.165, 1.54) is 44.1 Å². The van der Waals surface area contributed by atoms with E-state index in [9.17, 15) is 0 Å². The molecule has 2 fully saturated rings. The Labute approximate surface area is 85.4 Å². The lowest BCUT2D eigenvalue weighted by atomic mass is 10.1. The topological polar surface area (TPSA) is 15.3 Å². The van der Waals surface area contributed by atoms with E-state index >= 15 is 0 Å². The fraction of sp³-hybridized carbons (Fsp3) is 1.00. The van der Waals surface area contributed by atoms with Crippen molar-refractivity contribution in [2.24, 2.45) is 5.92 Å². The lowest BCUT2D eigenvalue weighted by Gasteiger charge is -2.33. The Morgan fingerprint density at radius 2 is 2.46 bits per heavy atom. The van der Waals surface area contributed by atoms with Crippen LogP contribution in [0.3, 0.4) is 0 Å². The highest BCUT2D eigenvalue weighted by molar-refractivity contribution is 7.99. The van der Waals surface area contributed by atoms with Gasteiger partial charge in [0, 0.05) is 32.2 Å². The quantitative estimate of drug-likeness (QED) is 0.717. The van der Waals surface area contributed by atoms with Crippen molar-refractivity contribution in [3.05, 3.63) is 0 Å². The summed E-state index contributed by atoms with van der Waals surface area (Å²) in [6.45, 7) is 7.32. The van der Waals surface area contributed by atoms with Crippen LogP contribution in [0.25, 0.3) is 0 Å². The van der Waals surface area contributed by atoms with Crippen LogP contribution in [0.15, 0.2) is 0 Å². The predicted molar refractivity (Wildman–Crippen MR) is 59.3 cm³/mol. The minimum absolute atomic E-state index is 0.697. The highest BCUT2D eigenvalue weighted by Crippen LogP contribution is 2.24. The van der Waals surface area contributed by atoms with E-state index in [4.69, 9.17) is 0 Å². The van der Waals surface area contributed by atoms with Crippen LogP contribution in [-0.4, -0.2) is 48.6 Å². The molecule has 0 amide bonds. The molecule has 1 N–H and O–H groups in total. The van der Waals surface area contributed by atoms with Gasteiger partial charge < -0.3 is 10.2 Å². The molecule has 0 saturated carbocycles. The largest absolute Gasteiger partial charge is 0.312 e. The second-order valence-electron chi connectivity index (χ2n) is 4.34. The van der Waals surface area contributed by atoms with E-state index in [2.05, 4.69) is 28.9 Å². The first-order valence-electron chi connectivity index (χ1n) is 5.38. The highest BCUT2D eigenvalue weighted by atomic mass is 32.2. The van der Waals surface area contributed by atoms with Crippen LogP contribution >= 0.6 is 11.8 Å². The molecule has 2 rings (SSSR count). The van der Waals surface area contributed by atoms with Crippen LogP contribution in [0.2, 0.25) is 0 Å². The third kappa shape index (κ3) is 2.86. The zero-order valence-electron chi connectivity index (χ0n) is 8.46. The van der Waals surface area contributed by atoms with Crippen molar-refractivity contribution >= 4 is 11.8 Å². The van der Waals surface area contributed by atoms with Gasteiger partial charge in [0.15, 0.2) is 0 Å². The van der Waals surface area contributed by atoms with E-state index in [1.54, 1.807) is 0 Å². The van der Waals surface area contributed by atoms with Crippen LogP contribution in [0.5, 0.6) is 0 Å². The zero-order valence-corrected chi connectivity index (χ0v) is 9.28. The molecular formula is C10H20N2S. The number of rotatable bonds is 2. The first-order chi connectivity index (χ1) is 6.34. The van der Waals surface area contributed by atoms with Crippen molar-refractivity contribution in [2.45, 2.75) is 19.4 Å². The monoisotopic (exact) mass is 200 g/mol. The lowest BCUT2D eigenvalue weighted by Crippen LogP contribution is -2.50. The minimum Gasteiger partial charge on any atom is -0.312 e. The molecule has 2 atom stereocenters. The van der Waals surface area contributed by atoms with E-state index in [1.807, 2.05) is 0 Å². The smallest absolute Gasteiger partial charge is 0.0167 e. The van der Waals surface area contributed by atoms with Gasteiger partial charge in [-0.3, -0.25) is 0 Å². The third-order valence-corrected chi connectivity index (χ3v) is 4.22. The van der Waals surface area contributed by atoms with Gasteiger partial charge in [0.25, 0.3) is 0 Å². The number of hydrogen-bond acceptors (Lipinski definition) is 3.